The Hall–Kier alpha value is -3.32. The molecule has 0 radical (unpaired) electrons. The number of likely N-dealkylation sites (tertiary alicyclic amines) is 1. The van der Waals surface area contributed by atoms with Crippen molar-refractivity contribution in [3.05, 3.63) is 48.0 Å². The number of nitrogens with zero attached hydrogens (tertiary/aromatic N) is 4. The van der Waals surface area contributed by atoms with E-state index in [2.05, 4.69) is 51.7 Å². The van der Waals surface area contributed by atoms with E-state index in [1.165, 1.54) is 10.9 Å². The molecule has 2 aromatic carbocycles. The Labute approximate surface area is 187 Å². The van der Waals surface area contributed by atoms with Crippen molar-refractivity contribution in [3.63, 3.8) is 0 Å². The molecular formula is C25H30N6O. The molecule has 1 unspecified atom stereocenters. The Bertz CT molecular complexity index is 1320. The second-order valence-corrected chi connectivity index (χ2v) is 8.62. The number of carbonyl (C=O) groups excluding carboxylic acids is 1. The number of benzene rings is 2. The number of para-hydroxylation sites is 1. The van der Waals surface area contributed by atoms with Gasteiger partial charge in [0.25, 0.3) is 5.91 Å². The largest absolute Gasteiger partial charge is 0.386 e. The number of amides is 1. The lowest BCUT2D eigenvalue weighted by atomic mass is 10.0. The second kappa shape index (κ2) is 7.98. The lowest BCUT2D eigenvalue weighted by Crippen LogP contribution is -2.45. The Morgan fingerprint density at radius 1 is 1.25 bits per heavy atom. The number of rotatable bonds is 4. The molecule has 5 rings (SSSR count). The van der Waals surface area contributed by atoms with Gasteiger partial charge in [0, 0.05) is 56.2 Å². The van der Waals surface area contributed by atoms with Gasteiger partial charge < -0.3 is 25.1 Å². The first-order valence-electron chi connectivity index (χ1n) is 11.3. The molecule has 1 atom stereocenters. The van der Waals surface area contributed by atoms with Gasteiger partial charge in [0.1, 0.15) is 0 Å². The van der Waals surface area contributed by atoms with Crippen molar-refractivity contribution in [2.24, 2.45) is 12.8 Å². The lowest BCUT2D eigenvalue weighted by molar-refractivity contribution is 0.0709. The summed E-state index contributed by atoms with van der Waals surface area (Å²) in [6.07, 6.45) is 1.92. The van der Waals surface area contributed by atoms with Crippen molar-refractivity contribution in [2.45, 2.75) is 32.4 Å². The molecule has 166 valence electrons. The molecule has 1 amide bonds. The molecule has 2 aromatic heterocycles. The zero-order chi connectivity index (χ0) is 22.4. The third-order valence-electron chi connectivity index (χ3n) is 6.59. The maximum absolute atomic E-state index is 13.2. The van der Waals surface area contributed by atoms with E-state index >= 15 is 0 Å². The van der Waals surface area contributed by atoms with Gasteiger partial charge >= 0.3 is 0 Å². The summed E-state index contributed by atoms with van der Waals surface area (Å²) in [5.74, 6) is 0.910. The van der Waals surface area contributed by atoms with E-state index in [9.17, 15) is 4.79 Å². The highest BCUT2D eigenvalue weighted by atomic mass is 16.2. The molecule has 0 saturated carbocycles. The molecular weight excluding hydrogens is 400 g/mol. The first kappa shape index (κ1) is 20.6. The van der Waals surface area contributed by atoms with Crippen molar-refractivity contribution in [1.82, 2.24) is 19.0 Å². The van der Waals surface area contributed by atoms with Crippen LogP contribution in [0.4, 0.5) is 5.69 Å². The van der Waals surface area contributed by atoms with Crippen LogP contribution in [0.5, 0.6) is 0 Å². The van der Waals surface area contributed by atoms with Crippen molar-refractivity contribution in [3.8, 4) is 11.5 Å². The summed E-state index contributed by atoms with van der Waals surface area (Å²) < 4.78 is 4.41. The molecule has 1 aliphatic rings. The third kappa shape index (κ3) is 3.24. The number of imidazole rings is 1. The highest BCUT2D eigenvalue weighted by molar-refractivity contribution is 6.02. The Balaban J connectivity index is 1.64. The summed E-state index contributed by atoms with van der Waals surface area (Å²) in [5, 5.41) is 4.47. The van der Waals surface area contributed by atoms with E-state index in [1.807, 2.05) is 31.1 Å². The van der Waals surface area contributed by atoms with Crippen LogP contribution < -0.4 is 11.1 Å². The fourth-order valence-electron chi connectivity index (χ4n) is 5.01. The summed E-state index contributed by atoms with van der Waals surface area (Å²) in [6.45, 7) is 4.36. The number of aryl methyl sites for hydroxylation is 2. The molecule has 0 aliphatic carbocycles. The Morgan fingerprint density at radius 2 is 2.06 bits per heavy atom. The number of nitrogens with one attached hydrogen (secondary N) is 1. The number of piperidine rings is 1. The highest BCUT2D eigenvalue weighted by Crippen LogP contribution is 2.33. The van der Waals surface area contributed by atoms with Gasteiger partial charge in [-0.05, 0) is 44.0 Å². The minimum Gasteiger partial charge on any atom is -0.386 e. The maximum atomic E-state index is 13.2. The Morgan fingerprint density at radius 3 is 2.81 bits per heavy atom. The molecule has 0 spiro atoms. The quantitative estimate of drug-likeness (QED) is 0.516. The molecule has 7 nitrogen and oxygen atoms in total. The van der Waals surface area contributed by atoms with Crippen LogP contribution in [0, 0.1) is 0 Å². The van der Waals surface area contributed by atoms with Crippen molar-refractivity contribution in [2.75, 3.05) is 25.5 Å². The van der Waals surface area contributed by atoms with E-state index in [4.69, 9.17) is 10.7 Å². The summed E-state index contributed by atoms with van der Waals surface area (Å²) >= 11 is 0. The number of hydrogen-bond acceptors (Lipinski definition) is 4. The number of nitrogens with two attached hydrogens (primary N) is 1. The standard InChI is InChI=1S/C25H30N6O/c1-4-31-21-10-6-5-8-16(21)14-22(31)24-28-20-13-17(12-19(27-2)23(20)29(24)3)25(32)30-11-7-9-18(26)15-30/h5-6,8,10,12-14,18,27H,4,7,9,11,15,26H2,1-3H3. The van der Waals surface area contributed by atoms with E-state index in [1.54, 1.807) is 0 Å². The van der Waals surface area contributed by atoms with Gasteiger partial charge in [0.15, 0.2) is 5.82 Å². The van der Waals surface area contributed by atoms with Gasteiger partial charge in [-0.2, -0.15) is 0 Å². The van der Waals surface area contributed by atoms with Crippen molar-refractivity contribution in [1.29, 1.82) is 0 Å². The first-order valence-corrected chi connectivity index (χ1v) is 11.3. The Kier molecular flexibility index (Phi) is 5.13. The maximum Gasteiger partial charge on any atom is 0.254 e. The van der Waals surface area contributed by atoms with Crippen LogP contribution in [0.3, 0.4) is 0 Å². The summed E-state index contributed by atoms with van der Waals surface area (Å²) in [7, 11) is 3.92. The van der Waals surface area contributed by atoms with Crippen LogP contribution in [0.15, 0.2) is 42.5 Å². The van der Waals surface area contributed by atoms with Gasteiger partial charge in [0.2, 0.25) is 0 Å². The summed E-state index contributed by atoms with van der Waals surface area (Å²) in [5.41, 5.74) is 11.7. The van der Waals surface area contributed by atoms with E-state index in [0.717, 1.165) is 54.2 Å². The van der Waals surface area contributed by atoms with Crippen LogP contribution in [0.25, 0.3) is 33.5 Å². The molecule has 1 fully saturated rings. The predicted octanol–water partition coefficient (Wildman–Crippen LogP) is 3.82. The third-order valence-corrected chi connectivity index (χ3v) is 6.59. The van der Waals surface area contributed by atoms with Crippen molar-refractivity contribution < 1.29 is 4.79 Å². The topological polar surface area (TPSA) is 81.1 Å². The fourth-order valence-corrected chi connectivity index (χ4v) is 5.01. The highest BCUT2D eigenvalue weighted by Gasteiger charge is 2.25. The second-order valence-electron chi connectivity index (χ2n) is 8.62. The number of anilines is 1. The zero-order valence-electron chi connectivity index (χ0n) is 18.9. The summed E-state index contributed by atoms with van der Waals surface area (Å²) in [6, 6.07) is 14.5. The molecule has 4 aromatic rings. The predicted molar refractivity (Wildman–Crippen MR) is 130 cm³/mol. The average Bonchev–Trinajstić information content (AvgIpc) is 3.35. The van der Waals surface area contributed by atoms with Gasteiger partial charge in [-0.3, -0.25) is 4.79 Å². The fraction of sp³-hybridized carbons (Fsp3) is 0.360. The molecule has 7 heteroatoms. The molecule has 0 bridgehead atoms. The molecule has 1 aliphatic heterocycles. The monoisotopic (exact) mass is 430 g/mol. The van der Waals surface area contributed by atoms with Crippen molar-refractivity contribution >= 4 is 33.5 Å². The van der Waals surface area contributed by atoms with E-state index in [-0.39, 0.29) is 11.9 Å². The molecule has 1 saturated heterocycles. The van der Waals surface area contributed by atoms with Gasteiger partial charge in [-0.15, -0.1) is 0 Å². The number of aromatic nitrogens is 3. The molecule has 3 N–H and O–H groups in total. The van der Waals surface area contributed by atoms with Crippen LogP contribution in [0.2, 0.25) is 0 Å². The van der Waals surface area contributed by atoms with Crippen LogP contribution in [0.1, 0.15) is 30.1 Å². The van der Waals surface area contributed by atoms with Crippen LogP contribution >= 0.6 is 0 Å². The normalized spacial score (nSPS) is 16.8. The number of fused-ring (bicyclic) bond motifs is 2. The van der Waals surface area contributed by atoms with Gasteiger partial charge in [-0.1, -0.05) is 18.2 Å². The molecule has 3 heterocycles. The minimum atomic E-state index is 0.0217. The van der Waals surface area contributed by atoms with Gasteiger partial charge in [-0.25, -0.2) is 4.98 Å². The summed E-state index contributed by atoms with van der Waals surface area (Å²) in [4.78, 5) is 20.1. The van der Waals surface area contributed by atoms with Crippen LogP contribution in [-0.4, -0.2) is 51.1 Å². The average molecular weight is 431 g/mol. The SMILES string of the molecule is CCn1c(-c2nc3cc(C(=O)N4CCCC(N)C4)cc(NC)c3n2C)cc2ccccc21. The van der Waals surface area contributed by atoms with E-state index < -0.39 is 0 Å². The number of carbonyl (C=O) groups is 1. The minimum absolute atomic E-state index is 0.0217. The first-order chi connectivity index (χ1) is 15.5. The van der Waals surface area contributed by atoms with E-state index in [0.29, 0.717) is 12.1 Å². The van der Waals surface area contributed by atoms with Gasteiger partial charge in [0.05, 0.1) is 22.4 Å². The van der Waals surface area contributed by atoms with Crippen LogP contribution in [-0.2, 0) is 13.6 Å². The smallest absolute Gasteiger partial charge is 0.254 e. The zero-order valence-corrected chi connectivity index (χ0v) is 18.9. The lowest BCUT2D eigenvalue weighted by Gasteiger charge is -2.31. The number of hydrogen-bond donors (Lipinski definition) is 2. The molecule has 32 heavy (non-hydrogen) atoms.